The second-order valence-electron chi connectivity index (χ2n) is 4.84. The van der Waals surface area contributed by atoms with Gasteiger partial charge in [-0.25, -0.2) is 0 Å². The van der Waals surface area contributed by atoms with Crippen molar-refractivity contribution in [2.75, 3.05) is 32.8 Å². The SMILES string of the molecule is CCOC(=S)N1CCN(C(C)(C)C)CC1. The first-order chi connectivity index (χ1) is 6.95. The molecule has 15 heavy (non-hydrogen) atoms. The molecular weight excluding hydrogens is 208 g/mol. The minimum absolute atomic E-state index is 0.263. The van der Waals surface area contributed by atoms with E-state index in [4.69, 9.17) is 17.0 Å². The fourth-order valence-corrected chi connectivity index (χ4v) is 2.08. The molecule has 1 aliphatic heterocycles. The Bertz CT molecular complexity index is 217. The molecular formula is C11H22N2OS. The standard InChI is InChI=1S/C11H22N2OS/c1-5-14-10(15)12-6-8-13(9-7-12)11(2,3)4/h5-9H2,1-4H3. The zero-order valence-electron chi connectivity index (χ0n) is 10.2. The molecule has 0 amide bonds. The van der Waals surface area contributed by atoms with E-state index in [0.717, 1.165) is 26.2 Å². The van der Waals surface area contributed by atoms with Gasteiger partial charge in [0.25, 0.3) is 5.17 Å². The van der Waals surface area contributed by atoms with E-state index in [9.17, 15) is 0 Å². The zero-order valence-corrected chi connectivity index (χ0v) is 11.1. The van der Waals surface area contributed by atoms with Crippen molar-refractivity contribution in [3.8, 4) is 0 Å². The number of rotatable bonds is 1. The first kappa shape index (κ1) is 12.7. The fourth-order valence-electron chi connectivity index (χ4n) is 1.77. The molecule has 0 bridgehead atoms. The summed E-state index contributed by atoms with van der Waals surface area (Å²) < 4.78 is 5.34. The van der Waals surface area contributed by atoms with Crippen LogP contribution in [0.5, 0.6) is 0 Å². The highest BCUT2D eigenvalue weighted by Crippen LogP contribution is 2.16. The summed E-state index contributed by atoms with van der Waals surface area (Å²) in [5.41, 5.74) is 0.263. The van der Waals surface area contributed by atoms with Crippen molar-refractivity contribution in [2.45, 2.75) is 33.2 Å². The molecule has 0 radical (unpaired) electrons. The van der Waals surface area contributed by atoms with E-state index < -0.39 is 0 Å². The highest BCUT2D eigenvalue weighted by atomic mass is 32.1. The number of piperazine rings is 1. The van der Waals surface area contributed by atoms with Crippen molar-refractivity contribution in [1.29, 1.82) is 0 Å². The van der Waals surface area contributed by atoms with E-state index in [-0.39, 0.29) is 5.54 Å². The Morgan fingerprint density at radius 3 is 2.13 bits per heavy atom. The topological polar surface area (TPSA) is 15.7 Å². The van der Waals surface area contributed by atoms with Crippen LogP contribution >= 0.6 is 12.2 Å². The number of hydrogen-bond donors (Lipinski definition) is 0. The van der Waals surface area contributed by atoms with Gasteiger partial charge in [0, 0.05) is 31.7 Å². The van der Waals surface area contributed by atoms with Crippen molar-refractivity contribution >= 4 is 17.4 Å². The lowest BCUT2D eigenvalue weighted by Gasteiger charge is -2.42. The lowest BCUT2D eigenvalue weighted by Crippen LogP contribution is -2.54. The lowest BCUT2D eigenvalue weighted by molar-refractivity contribution is 0.0792. The molecule has 0 aromatic carbocycles. The van der Waals surface area contributed by atoms with Crippen LogP contribution in [0, 0.1) is 0 Å². The van der Waals surface area contributed by atoms with Gasteiger partial charge in [-0.1, -0.05) is 0 Å². The van der Waals surface area contributed by atoms with Crippen LogP contribution in [0.25, 0.3) is 0 Å². The molecule has 3 nitrogen and oxygen atoms in total. The Labute approximate surface area is 98.4 Å². The second kappa shape index (κ2) is 5.12. The van der Waals surface area contributed by atoms with Crippen LogP contribution in [-0.2, 0) is 4.74 Å². The molecule has 0 saturated carbocycles. The van der Waals surface area contributed by atoms with Gasteiger partial charge in [0.1, 0.15) is 0 Å². The minimum Gasteiger partial charge on any atom is -0.471 e. The summed E-state index contributed by atoms with van der Waals surface area (Å²) in [5, 5.41) is 0.658. The van der Waals surface area contributed by atoms with E-state index in [1.54, 1.807) is 0 Å². The predicted octanol–water partition coefficient (Wildman–Crippen LogP) is 1.72. The van der Waals surface area contributed by atoms with Crippen molar-refractivity contribution in [3.63, 3.8) is 0 Å². The highest BCUT2D eigenvalue weighted by molar-refractivity contribution is 7.80. The van der Waals surface area contributed by atoms with E-state index >= 15 is 0 Å². The van der Waals surface area contributed by atoms with Gasteiger partial charge in [0.2, 0.25) is 0 Å². The molecule has 1 heterocycles. The Balaban J connectivity index is 2.39. The summed E-state index contributed by atoms with van der Waals surface area (Å²) in [7, 11) is 0. The van der Waals surface area contributed by atoms with Gasteiger partial charge >= 0.3 is 0 Å². The van der Waals surface area contributed by atoms with Crippen LogP contribution in [0.15, 0.2) is 0 Å². The van der Waals surface area contributed by atoms with Crippen LogP contribution in [0.3, 0.4) is 0 Å². The minimum atomic E-state index is 0.263. The first-order valence-electron chi connectivity index (χ1n) is 5.62. The maximum Gasteiger partial charge on any atom is 0.259 e. The monoisotopic (exact) mass is 230 g/mol. The van der Waals surface area contributed by atoms with E-state index in [0.29, 0.717) is 11.8 Å². The molecule has 0 atom stereocenters. The zero-order chi connectivity index (χ0) is 11.5. The van der Waals surface area contributed by atoms with Gasteiger partial charge in [-0.3, -0.25) is 4.90 Å². The third-order valence-corrected chi connectivity index (χ3v) is 3.13. The average Bonchev–Trinajstić information content (AvgIpc) is 2.17. The Morgan fingerprint density at radius 1 is 1.20 bits per heavy atom. The summed E-state index contributed by atoms with van der Waals surface area (Å²) in [6, 6.07) is 0. The quantitative estimate of drug-likeness (QED) is 0.637. The van der Waals surface area contributed by atoms with E-state index in [2.05, 4.69) is 30.6 Å². The molecule has 1 saturated heterocycles. The Kier molecular flexibility index (Phi) is 4.34. The van der Waals surface area contributed by atoms with Crippen molar-refractivity contribution in [1.82, 2.24) is 9.80 Å². The summed E-state index contributed by atoms with van der Waals surface area (Å²) in [5.74, 6) is 0. The largest absolute Gasteiger partial charge is 0.471 e. The molecule has 1 aliphatic rings. The molecule has 88 valence electrons. The number of ether oxygens (including phenoxy) is 1. The van der Waals surface area contributed by atoms with Gasteiger partial charge in [0.05, 0.1) is 6.61 Å². The fraction of sp³-hybridized carbons (Fsp3) is 0.909. The average molecular weight is 230 g/mol. The lowest BCUT2D eigenvalue weighted by atomic mass is 10.1. The maximum atomic E-state index is 5.34. The van der Waals surface area contributed by atoms with Gasteiger partial charge < -0.3 is 9.64 Å². The number of thiocarbonyl (C=S) groups is 1. The number of hydrogen-bond acceptors (Lipinski definition) is 3. The highest BCUT2D eigenvalue weighted by Gasteiger charge is 2.26. The van der Waals surface area contributed by atoms with Crippen LogP contribution in [0.4, 0.5) is 0 Å². The molecule has 0 unspecified atom stereocenters. The molecule has 0 N–H and O–H groups in total. The second-order valence-corrected chi connectivity index (χ2v) is 5.19. The smallest absolute Gasteiger partial charge is 0.259 e. The first-order valence-corrected chi connectivity index (χ1v) is 6.02. The third kappa shape index (κ3) is 3.61. The van der Waals surface area contributed by atoms with E-state index in [1.807, 2.05) is 6.92 Å². The van der Waals surface area contributed by atoms with Gasteiger partial charge in [-0.2, -0.15) is 0 Å². The molecule has 4 heteroatoms. The summed E-state index contributed by atoms with van der Waals surface area (Å²) >= 11 is 5.19. The summed E-state index contributed by atoms with van der Waals surface area (Å²) in [4.78, 5) is 4.64. The van der Waals surface area contributed by atoms with Crippen LogP contribution < -0.4 is 0 Å². The maximum absolute atomic E-state index is 5.34. The summed E-state index contributed by atoms with van der Waals surface area (Å²) in [6.45, 7) is 13.5. The Morgan fingerprint density at radius 2 is 1.73 bits per heavy atom. The van der Waals surface area contributed by atoms with Crippen molar-refractivity contribution < 1.29 is 4.74 Å². The molecule has 0 aliphatic carbocycles. The van der Waals surface area contributed by atoms with E-state index in [1.165, 1.54) is 0 Å². The molecule has 0 spiro atoms. The van der Waals surface area contributed by atoms with Crippen LogP contribution in [0.1, 0.15) is 27.7 Å². The molecule has 1 rings (SSSR count). The van der Waals surface area contributed by atoms with Gasteiger partial charge in [-0.05, 0) is 39.9 Å². The third-order valence-electron chi connectivity index (χ3n) is 2.75. The number of nitrogens with zero attached hydrogens (tertiary/aromatic N) is 2. The normalized spacial score (nSPS) is 19.1. The van der Waals surface area contributed by atoms with Gasteiger partial charge in [-0.15, -0.1) is 0 Å². The molecule has 0 aromatic rings. The molecule has 1 fully saturated rings. The van der Waals surface area contributed by atoms with Crippen LogP contribution in [-0.4, -0.2) is 53.3 Å². The van der Waals surface area contributed by atoms with Crippen molar-refractivity contribution in [2.24, 2.45) is 0 Å². The summed E-state index contributed by atoms with van der Waals surface area (Å²) in [6.07, 6.45) is 0. The Hall–Kier alpha value is -0.350. The predicted molar refractivity (Wildman–Crippen MR) is 67.1 cm³/mol. The van der Waals surface area contributed by atoms with Crippen molar-refractivity contribution in [3.05, 3.63) is 0 Å². The van der Waals surface area contributed by atoms with Crippen LogP contribution in [0.2, 0.25) is 0 Å². The molecule has 0 aromatic heterocycles. The van der Waals surface area contributed by atoms with Gasteiger partial charge in [0.15, 0.2) is 0 Å².